The molecule has 0 saturated carbocycles. The molecule has 8 heteroatoms. The van der Waals surface area contributed by atoms with Crippen LogP contribution in [0.4, 0.5) is 22.0 Å². The fraction of sp³-hybridized carbons (Fsp3) is 0.0909. The van der Waals surface area contributed by atoms with Crippen molar-refractivity contribution in [3.8, 4) is 10.6 Å². The van der Waals surface area contributed by atoms with Gasteiger partial charge in [0.2, 0.25) is 5.82 Å². The summed E-state index contributed by atoms with van der Waals surface area (Å²) in [4.78, 5) is 16.8. The first-order valence-corrected chi connectivity index (χ1v) is 9.59. The summed E-state index contributed by atoms with van der Waals surface area (Å²) < 4.78 is 68.5. The number of fused-ring (bicyclic) bond motifs is 1. The maximum atomic E-state index is 13.8. The molecular weight excluding hydrogens is 421 g/mol. The van der Waals surface area contributed by atoms with Gasteiger partial charge in [-0.3, -0.25) is 4.79 Å². The van der Waals surface area contributed by atoms with Crippen molar-refractivity contribution in [2.24, 2.45) is 0 Å². The molecule has 0 atom stereocenters. The summed E-state index contributed by atoms with van der Waals surface area (Å²) in [5.41, 5.74) is 1.67. The fourth-order valence-electron chi connectivity index (χ4n) is 3.04. The number of hydrogen-bond donors (Lipinski definition) is 0. The maximum Gasteiger partial charge on any atom is 0.200 e. The average Bonchev–Trinajstić information content (AvgIpc) is 3.14. The molecular formula is C22H12F5NOS. The quantitative estimate of drug-likeness (QED) is 0.162. The van der Waals surface area contributed by atoms with Gasteiger partial charge in [0, 0.05) is 12.0 Å². The van der Waals surface area contributed by atoms with E-state index in [1.165, 1.54) is 11.3 Å². The van der Waals surface area contributed by atoms with E-state index in [1.807, 2.05) is 25.1 Å². The average molecular weight is 433 g/mol. The number of ketones is 1. The van der Waals surface area contributed by atoms with Crippen LogP contribution >= 0.6 is 11.3 Å². The molecule has 0 N–H and O–H groups in total. The van der Waals surface area contributed by atoms with Crippen LogP contribution in [-0.4, -0.2) is 10.8 Å². The molecule has 3 aromatic carbocycles. The molecule has 0 aliphatic carbocycles. The van der Waals surface area contributed by atoms with Crippen LogP contribution in [0, 0.1) is 36.0 Å². The second kappa shape index (κ2) is 7.60. The second-order valence-electron chi connectivity index (χ2n) is 6.73. The van der Waals surface area contributed by atoms with E-state index in [1.54, 1.807) is 24.3 Å². The Labute approximate surface area is 171 Å². The second-order valence-corrected chi connectivity index (χ2v) is 7.76. The monoisotopic (exact) mass is 433 g/mol. The van der Waals surface area contributed by atoms with E-state index >= 15 is 0 Å². The lowest BCUT2D eigenvalue weighted by Gasteiger charge is -2.08. The molecule has 0 unspecified atom stereocenters. The third kappa shape index (κ3) is 3.47. The van der Waals surface area contributed by atoms with E-state index in [9.17, 15) is 26.7 Å². The third-order valence-electron chi connectivity index (χ3n) is 4.60. The first-order valence-electron chi connectivity index (χ1n) is 8.77. The lowest BCUT2D eigenvalue weighted by atomic mass is 10.0. The van der Waals surface area contributed by atoms with Gasteiger partial charge in [-0.2, -0.15) is 0 Å². The van der Waals surface area contributed by atoms with Gasteiger partial charge in [-0.05, 0) is 30.2 Å². The lowest BCUT2D eigenvalue weighted by Crippen LogP contribution is -2.14. The molecule has 0 aliphatic heterocycles. The number of aryl methyl sites for hydroxylation is 1. The Kier molecular flexibility index (Phi) is 5.11. The van der Waals surface area contributed by atoms with Crippen molar-refractivity contribution in [3.05, 3.63) is 88.2 Å². The molecule has 0 saturated heterocycles. The summed E-state index contributed by atoms with van der Waals surface area (Å²) in [6.07, 6.45) is -0.516. The summed E-state index contributed by atoms with van der Waals surface area (Å²) in [6, 6.07) is 12.4. The minimum Gasteiger partial charge on any atom is -0.294 e. The van der Waals surface area contributed by atoms with Crippen LogP contribution in [-0.2, 0) is 6.42 Å². The first-order chi connectivity index (χ1) is 14.3. The largest absolute Gasteiger partial charge is 0.294 e. The SMILES string of the molecule is Cc1ccc2nc(-c3ccc(CC(=O)c4c(F)c(F)c(F)c(F)c4F)cc3)sc2c1. The van der Waals surface area contributed by atoms with Crippen molar-refractivity contribution in [3.63, 3.8) is 0 Å². The normalized spacial score (nSPS) is 11.3. The third-order valence-corrected chi connectivity index (χ3v) is 5.67. The Morgan fingerprint density at radius 3 is 2.10 bits per heavy atom. The predicted molar refractivity (Wildman–Crippen MR) is 104 cm³/mol. The van der Waals surface area contributed by atoms with Gasteiger partial charge in [0.15, 0.2) is 29.1 Å². The Morgan fingerprint density at radius 1 is 0.867 bits per heavy atom. The molecule has 0 fully saturated rings. The summed E-state index contributed by atoms with van der Waals surface area (Å²) in [5, 5.41) is 0.758. The number of carbonyl (C=O) groups is 1. The number of thiazole rings is 1. The van der Waals surface area contributed by atoms with Crippen molar-refractivity contribution < 1.29 is 26.7 Å². The summed E-state index contributed by atoms with van der Waals surface area (Å²) >= 11 is 1.49. The Balaban J connectivity index is 1.60. The highest BCUT2D eigenvalue weighted by Crippen LogP contribution is 2.31. The standard InChI is InChI=1S/C22H12F5NOS/c1-10-2-7-13-15(8-10)30-22(28-13)12-5-3-11(4-6-12)9-14(29)16-17(23)19(25)21(27)20(26)18(16)24/h2-8H,9H2,1H3. The van der Waals surface area contributed by atoms with E-state index in [0.29, 0.717) is 5.56 Å². The number of halogens is 5. The molecule has 1 heterocycles. The highest BCUT2D eigenvalue weighted by molar-refractivity contribution is 7.21. The molecule has 0 spiro atoms. The predicted octanol–water partition coefficient (Wildman–Crippen LogP) is 6.39. The highest BCUT2D eigenvalue weighted by Gasteiger charge is 2.29. The molecule has 4 aromatic rings. The van der Waals surface area contributed by atoms with Gasteiger partial charge in [0.1, 0.15) is 5.01 Å². The Hall–Kier alpha value is -3.13. The van der Waals surface area contributed by atoms with Crippen molar-refractivity contribution in [1.82, 2.24) is 4.98 Å². The van der Waals surface area contributed by atoms with Crippen LogP contribution in [0.15, 0.2) is 42.5 Å². The summed E-state index contributed by atoms with van der Waals surface area (Å²) in [7, 11) is 0. The molecule has 0 radical (unpaired) electrons. The number of aromatic nitrogens is 1. The number of Topliss-reactive ketones (excluding diaryl/α,β-unsaturated/α-hetero) is 1. The van der Waals surface area contributed by atoms with Crippen LogP contribution in [0.3, 0.4) is 0 Å². The molecule has 152 valence electrons. The fourth-order valence-corrected chi connectivity index (χ4v) is 4.11. The molecule has 0 bridgehead atoms. The molecule has 2 nitrogen and oxygen atoms in total. The zero-order valence-electron chi connectivity index (χ0n) is 15.4. The van der Waals surface area contributed by atoms with Crippen LogP contribution in [0.1, 0.15) is 21.5 Å². The lowest BCUT2D eigenvalue weighted by molar-refractivity contribution is 0.0981. The van der Waals surface area contributed by atoms with Gasteiger partial charge in [-0.15, -0.1) is 11.3 Å². The van der Waals surface area contributed by atoms with Crippen molar-refractivity contribution >= 4 is 27.3 Å². The highest BCUT2D eigenvalue weighted by atomic mass is 32.1. The molecule has 0 aliphatic rings. The topological polar surface area (TPSA) is 30.0 Å². The van der Waals surface area contributed by atoms with Crippen LogP contribution in [0.25, 0.3) is 20.8 Å². The van der Waals surface area contributed by atoms with Gasteiger partial charge in [-0.1, -0.05) is 30.3 Å². The van der Waals surface area contributed by atoms with E-state index in [0.717, 1.165) is 26.4 Å². The minimum absolute atomic E-state index is 0.365. The molecule has 4 rings (SSSR count). The van der Waals surface area contributed by atoms with Gasteiger partial charge < -0.3 is 0 Å². The zero-order valence-corrected chi connectivity index (χ0v) is 16.2. The number of carbonyl (C=O) groups excluding carboxylic acids is 1. The number of benzene rings is 3. The molecule has 30 heavy (non-hydrogen) atoms. The molecule has 1 aromatic heterocycles. The van der Waals surface area contributed by atoms with Crippen molar-refractivity contribution in [2.45, 2.75) is 13.3 Å². The van der Waals surface area contributed by atoms with E-state index < -0.39 is 46.9 Å². The smallest absolute Gasteiger partial charge is 0.200 e. The summed E-state index contributed by atoms with van der Waals surface area (Å²) in [5.74, 6) is -12.0. The van der Waals surface area contributed by atoms with Crippen LogP contribution < -0.4 is 0 Å². The number of nitrogens with zero attached hydrogens (tertiary/aromatic N) is 1. The first kappa shape index (κ1) is 20.2. The van der Waals surface area contributed by atoms with E-state index in [-0.39, 0.29) is 0 Å². The summed E-state index contributed by atoms with van der Waals surface area (Å²) in [6.45, 7) is 1.98. The van der Waals surface area contributed by atoms with Gasteiger partial charge in [-0.25, -0.2) is 26.9 Å². The van der Waals surface area contributed by atoms with E-state index in [2.05, 4.69) is 4.98 Å². The number of hydrogen-bond acceptors (Lipinski definition) is 3. The Morgan fingerprint density at radius 2 is 1.47 bits per heavy atom. The van der Waals surface area contributed by atoms with Crippen LogP contribution in [0.2, 0.25) is 0 Å². The zero-order chi connectivity index (χ0) is 21.6. The Bertz CT molecular complexity index is 1270. The van der Waals surface area contributed by atoms with Crippen molar-refractivity contribution in [1.29, 1.82) is 0 Å². The van der Waals surface area contributed by atoms with E-state index in [4.69, 9.17) is 0 Å². The van der Waals surface area contributed by atoms with Crippen molar-refractivity contribution in [2.75, 3.05) is 0 Å². The maximum absolute atomic E-state index is 13.8. The van der Waals surface area contributed by atoms with Gasteiger partial charge in [0.25, 0.3) is 0 Å². The number of rotatable bonds is 4. The van der Waals surface area contributed by atoms with Gasteiger partial charge >= 0.3 is 0 Å². The van der Waals surface area contributed by atoms with Crippen LogP contribution in [0.5, 0.6) is 0 Å². The van der Waals surface area contributed by atoms with Gasteiger partial charge in [0.05, 0.1) is 15.8 Å². The molecule has 0 amide bonds. The minimum atomic E-state index is -2.29.